The first kappa shape index (κ1) is 12.7. The fraction of sp³-hybridized carbons (Fsp3) is 0.833. The Kier molecular flexibility index (Phi) is 9.56. The van der Waals surface area contributed by atoms with Crippen LogP contribution in [0, 0.1) is 0 Å². The number of allylic oxidation sites excluding steroid dienone is 2. The van der Waals surface area contributed by atoms with Crippen molar-refractivity contribution in [1.82, 2.24) is 0 Å². The van der Waals surface area contributed by atoms with Gasteiger partial charge in [-0.15, -0.1) is 0 Å². The second-order valence-corrected chi connectivity index (χ2v) is 3.71. The topological polar surface area (TPSA) is 26.0 Å². The minimum Gasteiger partial charge on any atom is -0.328 e. The second-order valence-electron chi connectivity index (χ2n) is 3.71. The summed E-state index contributed by atoms with van der Waals surface area (Å²) in [6.45, 7) is 4.39. The summed E-state index contributed by atoms with van der Waals surface area (Å²) in [5.41, 5.74) is 5.95. The summed E-state index contributed by atoms with van der Waals surface area (Å²) >= 11 is 0. The SMILES string of the molecule is CCC=CCCCC(N)CCCC. The van der Waals surface area contributed by atoms with Crippen molar-refractivity contribution in [3.63, 3.8) is 0 Å². The van der Waals surface area contributed by atoms with Crippen LogP contribution in [0.4, 0.5) is 0 Å². The first-order chi connectivity index (χ1) is 6.31. The summed E-state index contributed by atoms with van der Waals surface area (Å²) in [5, 5.41) is 0. The molecule has 0 saturated carbocycles. The molecule has 0 aromatic heterocycles. The highest BCUT2D eigenvalue weighted by atomic mass is 14.6. The van der Waals surface area contributed by atoms with Crippen LogP contribution in [0.3, 0.4) is 0 Å². The van der Waals surface area contributed by atoms with Crippen molar-refractivity contribution in [3.05, 3.63) is 12.2 Å². The molecule has 0 amide bonds. The largest absolute Gasteiger partial charge is 0.328 e. The molecule has 0 radical (unpaired) electrons. The van der Waals surface area contributed by atoms with Crippen LogP contribution in [0.25, 0.3) is 0 Å². The van der Waals surface area contributed by atoms with Gasteiger partial charge in [-0.05, 0) is 32.1 Å². The molecular weight excluding hydrogens is 158 g/mol. The Morgan fingerprint density at radius 3 is 2.38 bits per heavy atom. The predicted octanol–water partition coefficient (Wildman–Crippen LogP) is 3.64. The molecule has 0 aromatic carbocycles. The zero-order valence-corrected chi connectivity index (χ0v) is 9.26. The zero-order valence-electron chi connectivity index (χ0n) is 9.26. The molecule has 0 bridgehead atoms. The quantitative estimate of drug-likeness (QED) is 0.451. The Morgan fingerprint density at radius 1 is 1.08 bits per heavy atom. The number of nitrogens with two attached hydrogens (primary N) is 1. The molecule has 0 aliphatic heterocycles. The highest BCUT2D eigenvalue weighted by Gasteiger charge is 1.99. The maximum Gasteiger partial charge on any atom is 0.00389 e. The van der Waals surface area contributed by atoms with Gasteiger partial charge in [0.05, 0.1) is 0 Å². The molecule has 1 nitrogen and oxygen atoms in total. The molecule has 78 valence electrons. The lowest BCUT2D eigenvalue weighted by Crippen LogP contribution is -2.19. The molecule has 0 fully saturated rings. The minimum absolute atomic E-state index is 0.440. The summed E-state index contributed by atoms with van der Waals surface area (Å²) in [7, 11) is 0. The molecule has 0 aromatic rings. The van der Waals surface area contributed by atoms with Crippen LogP contribution in [0.15, 0.2) is 12.2 Å². The Hall–Kier alpha value is -0.300. The van der Waals surface area contributed by atoms with Gasteiger partial charge in [0.25, 0.3) is 0 Å². The zero-order chi connectivity index (χ0) is 9.94. The summed E-state index contributed by atoms with van der Waals surface area (Å²) in [6, 6.07) is 0.440. The third kappa shape index (κ3) is 9.62. The van der Waals surface area contributed by atoms with Gasteiger partial charge in [0.2, 0.25) is 0 Å². The van der Waals surface area contributed by atoms with E-state index in [-0.39, 0.29) is 0 Å². The van der Waals surface area contributed by atoms with Crippen molar-refractivity contribution in [2.24, 2.45) is 5.73 Å². The lowest BCUT2D eigenvalue weighted by Gasteiger charge is -2.09. The monoisotopic (exact) mass is 183 g/mol. The first-order valence-corrected chi connectivity index (χ1v) is 5.71. The average Bonchev–Trinajstić information content (AvgIpc) is 2.14. The lowest BCUT2D eigenvalue weighted by molar-refractivity contribution is 0.525. The molecule has 0 aliphatic carbocycles. The number of rotatable bonds is 8. The van der Waals surface area contributed by atoms with E-state index in [2.05, 4.69) is 26.0 Å². The van der Waals surface area contributed by atoms with Gasteiger partial charge >= 0.3 is 0 Å². The van der Waals surface area contributed by atoms with E-state index in [0.717, 1.165) is 6.42 Å². The molecule has 1 heteroatoms. The summed E-state index contributed by atoms with van der Waals surface area (Å²) in [5.74, 6) is 0. The van der Waals surface area contributed by atoms with Crippen molar-refractivity contribution in [2.45, 2.75) is 64.8 Å². The van der Waals surface area contributed by atoms with E-state index in [9.17, 15) is 0 Å². The smallest absolute Gasteiger partial charge is 0.00389 e. The van der Waals surface area contributed by atoms with E-state index in [4.69, 9.17) is 5.73 Å². The van der Waals surface area contributed by atoms with Crippen LogP contribution < -0.4 is 5.73 Å². The molecule has 0 rings (SSSR count). The summed E-state index contributed by atoms with van der Waals surface area (Å²) < 4.78 is 0. The minimum atomic E-state index is 0.440. The molecule has 0 saturated heterocycles. The number of hydrogen-bond donors (Lipinski definition) is 1. The third-order valence-corrected chi connectivity index (χ3v) is 2.28. The molecule has 13 heavy (non-hydrogen) atoms. The van der Waals surface area contributed by atoms with Crippen LogP contribution in [-0.2, 0) is 0 Å². The second kappa shape index (κ2) is 9.79. The van der Waals surface area contributed by atoms with Crippen LogP contribution >= 0.6 is 0 Å². The van der Waals surface area contributed by atoms with Gasteiger partial charge in [0.1, 0.15) is 0 Å². The lowest BCUT2D eigenvalue weighted by atomic mass is 10.0. The Morgan fingerprint density at radius 2 is 1.77 bits per heavy atom. The van der Waals surface area contributed by atoms with Crippen LogP contribution in [0.1, 0.15) is 58.8 Å². The Balaban J connectivity index is 3.16. The van der Waals surface area contributed by atoms with Gasteiger partial charge < -0.3 is 5.73 Å². The third-order valence-electron chi connectivity index (χ3n) is 2.28. The molecule has 2 N–H and O–H groups in total. The van der Waals surface area contributed by atoms with Crippen molar-refractivity contribution < 1.29 is 0 Å². The van der Waals surface area contributed by atoms with E-state index in [1.54, 1.807) is 0 Å². The van der Waals surface area contributed by atoms with Crippen molar-refractivity contribution in [2.75, 3.05) is 0 Å². The Labute approximate surface area is 83.4 Å². The maximum absolute atomic E-state index is 5.95. The van der Waals surface area contributed by atoms with Gasteiger partial charge in [-0.25, -0.2) is 0 Å². The van der Waals surface area contributed by atoms with Gasteiger partial charge in [0.15, 0.2) is 0 Å². The standard InChI is InChI=1S/C12H25N/c1-3-5-7-8-9-11-12(13)10-6-4-2/h5,7,12H,3-4,6,8-11,13H2,1-2H3. The number of hydrogen-bond acceptors (Lipinski definition) is 1. The first-order valence-electron chi connectivity index (χ1n) is 5.71. The van der Waals surface area contributed by atoms with Crippen LogP contribution in [-0.4, -0.2) is 6.04 Å². The Bertz CT molecular complexity index is 118. The van der Waals surface area contributed by atoms with E-state index in [1.165, 1.54) is 38.5 Å². The molecule has 0 heterocycles. The van der Waals surface area contributed by atoms with Gasteiger partial charge in [-0.1, -0.05) is 38.8 Å². The van der Waals surface area contributed by atoms with Crippen molar-refractivity contribution in [1.29, 1.82) is 0 Å². The van der Waals surface area contributed by atoms with Gasteiger partial charge in [-0.3, -0.25) is 0 Å². The number of unbranched alkanes of at least 4 members (excludes halogenated alkanes) is 2. The van der Waals surface area contributed by atoms with Crippen molar-refractivity contribution in [3.8, 4) is 0 Å². The molecule has 0 spiro atoms. The van der Waals surface area contributed by atoms with Crippen LogP contribution in [0.2, 0.25) is 0 Å². The van der Waals surface area contributed by atoms with Crippen LogP contribution in [0.5, 0.6) is 0 Å². The summed E-state index contributed by atoms with van der Waals surface area (Å²) in [6.07, 6.45) is 13.1. The highest BCUT2D eigenvalue weighted by molar-refractivity contribution is 4.80. The average molecular weight is 183 g/mol. The van der Waals surface area contributed by atoms with Gasteiger partial charge in [0, 0.05) is 6.04 Å². The molecule has 0 aliphatic rings. The van der Waals surface area contributed by atoms with E-state index >= 15 is 0 Å². The van der Waals surface area contributed by atoms with E-state index in [0.29, 0.717) is 6.04 Å². The van der Waals surface area contributed by atoms with Crippen molar-refractivity contribution >= 4 is 0 Å². The van der Waals surface area contributed by atoms with E-state index in [1.807, 2.05) is 0 Å². The fourth-order valence-corrected chi connectivity index (χ4v) is 1.39. The molecule has 1 unspecified atom stereocenters. The summed E-state index contributed by atoms with van der Waals surface area (Å²) in [4.78, 5) is 0. The normalized spacial score (nSPS) is 13.8. The molecule has 1 atom stereocenters. The highest BCUT2D eigenvalue weighted by Crippen LogP contribution is 2.06. The molecular formula is C12H25N. The fourth-order valence-electron chi connectivity index (χ4n) is 1.39. The maximum atomic E-state index is 5.95. The van der Waals surface area contributed by atoms with Gasteiger partial charge in [-0.2, -0.15) is 0 Å². The predicted molar refractivity (Wildman–Crippen MR) is 60.8 cm³/mol. The van der Waals surface area contributed by atoms with E-state index < -0.39 is 0 Å².